The number of thioether (sulfide) groups is 1. The van der Waals surface area contributed by atoms with Crippen LogP contribution in [0.4, 0.5) is 4.79 Å². The lowest BCUT2D eigenvalue weighted by Crippen LogP contribution is -2.46. The number of carbonyl (C=O) groups excluding carboxylic acids is 4. The molecule has 0 spiro atoms. The molecule has 0 saturated carbocycles. The molecule has 2 rings (SSSR count). The van der Waals surface area contributed by atoms with Crippen molar-refractivity contribution in [2.45, 2.75) is 23.8 Å². The van der Waals surface area contributed by atoms with E-state index in [1.54, 1.807) is 11.8 Å². The van der Waals surface area contributed by atoms with Gasteiger partial charge in [0.25, 0.3) is 0 Å². The van der Waals surface area contributed by atoms with Crippen LogP contribution < -0.4 is 20.1 Å². The molecular formula is C11H17N5O4S3. The Morgan fingerprint density at radius 2 is 1.78 bits per heavy atom. The molecule has 0 bridgehead atoms. The number of carbonyl (C=O) groups is 4. The molecular weight excluding hydrogens is 362 g/mol. The van der Waals surface area contributed by atoms with Crippen LogP contribution in [0.3, 0.4) is 0 Å². The van der Waals surface area contributed by atoms with Gasteiger partial charge in [0.1, 0.15) is 13.1 Å². The third-order valence-corrected chi connectivity index (χ3v) is 5.52. The van der Waals surface area contributed by atoms with Crippen molar-refractivity contribution < 1.29 is 19.2 Å². The first kappa shape index (κ1) is 18.1. The average Bonchev–Trinajstić information content (AvgIpc) is 3.06. The molecule has 0 aromatic carbocycles. The van der Waals surface area contributed by atoms with Crippen molar-refractivity contribution in [3.63, 3.8) is 0 Å². The smallest absolute Gasteiger partial charge is 0.315 e. The van der Waals surface area contributed by atoms with E-state index in [0.717, 1.165) is 10.7 Å². The zero-order valence-electron chi connectivity index (χ0n) is 11.9. The number of fused-ring (bicyclic) bond motifs is 1. The summed E-state index contributed by atoms with van der Waals surface area (Å²) in [5, 5.41) is 5.47. The molecule has 0 radical (unpaired) electrons. The molecule has 4 N–H and O–H groups in total. The summed E-state index contributed by atoms with van der Waals surface area (Å²) in [6.07, 6.45) is 0.119. The van der Waals surface area contributed by atoms with E-state index < -0.39 is 11.8 Å². The van der Waals surface area contributed by atoms with E-state index >= 15 is 0 Å². The highest BCUT2D eigenvalue weighted by Gasteiger charge is 2.44. The molecule has 23 heavy (non-hydrogen) atoms. The van der Waals surface area contributed by atoms with Gasteiger partial charge in [0, 0.05) is 17.4 Å². The Morgan fingerprint density at radius 3 is 2.35 bits per heavy atom. The predicted octanol–water partition coefficient (Wildman–Crippen LogP) is -1.71. The van der Waals surface area contributed by atoms with E-state index in [4.69, 9.17) is 0 Å². The number of nitrogens with zero attached hydrogens (tertiary/aromatic N) is 1. The number of rotatable bonds is 6. The van der Waals surface area contributed by atoms with E-state index in [9.17, 15) is 19.2 Å². The number of hydrogen-bond acceptors (Lipinski definition) is 7. The first-order valence-electron chi connectivity index (χ1n) is 6.77. The van der Waals surface area contributed by atoms with Crippen LogP contribution in [0.15, 0.2) is 0 Å². The molecule has 0 aromatic rings. The molecule has 128 valence electrons. The van der Waals surface area contributed by atoms with Crippen LogP contribution in [0.1, 0.15) is 6.42 Å². The van der Waals surface area contributed by atoms with Gasteiger partial charge in [0.05, 0.1) is 12.1 Å². The van der Waals surface area contributed by atoms with Crippen molar-refractivity contribution >= 4 is 61.1 Å². The second kappa shape index (κ2) is 8.02. The summed E-state index contributed by atoms with van der Waals surface area (Å²) in [6.45, 7) is -0.556. The van der Waals surface area contributed by atoms with Crippen LogP contribution in [-0.2, 0) is 14.4 Å². The normalized spacial score (nSPS) is 25.1. The maximum atomic E-state index is 12.4. The standard InChI is InChI=1S/C11H17N5O4S3/c17-7(14-21)2-16(3-8(18)15-22)9(19)1-6-10-5(4-23-6)12-11(20)13-10/h5-6,10,21-22H,1-4H2,(H,14,17)(H,15,18)(H2,12,13,20). The maximum absolute atomic E-state index is 12.4. The van der Waals surface area contributed by atoms with E-state index in [1.807, 2.05) is 0 Å². The Bertz CT molecular complexity index is 502. The van der Waals surface area contributed by atoms with Gasteiger partial charge in [-0.05, 0) is 0 Å². The van der Waals surface area contributed by atoms with Crippen LogP contribution in [0.25, 0.3) is 0 Å². The van der Waals surface area contributed by atoms with E-state index in [0.29, 0.717) is 0 Å². The van der Waals surface area contributed by atoms with Crippen molar-refractivity contribution in [1.29, 1.82) is 0 Å². The minimum Gasteiger partial charge on any atom is -0.332 e. The fourth-order valence-electron chi connectivity index (χ4n) is 2.52. The van der Waals surface area contributed by atoms with Crippen molar-refractivity contribution in [1.82, 2.24) is 25.0 Å². The topological polar surface area (TPSA) is 120 Å². The Labute approximate surface area is 148 Å². The van der Waals surface area contributed by atoms with Crippen LogP contribution in [0.2, 0.25) is 0 Å². The highest BCUT2D eigenvalue weighted by molar-refractivity contribution is 8.00. The monoisotopic (exact) mass is 379 g/mol. The van der Waals surface area contributed by atoms with Crippen LogP contribution >= 0.6 is 37.4 Å². The SMILES string of the molecule is O=C(CN(CC(=O)NS)C(=O)CC1SCC2NC(=O)NC21)NS. The lowest BCUT2D eigenvalue weighted by atomic mass is 10.1. The van der Waals surface area contributed by atoms with Gasteiger partial charge in [0.2, 0.25) is 17.7 Å². The number of nitrogens with one attached hydrogen (secondary N) is 4. The van der Waals surface area contributed by atoms with Crippen molar-refractivity contribution in [3.05, 3.63) is 0 Å². The molecule has 2 aliphatic heterocycles. The quantitative estimate of drug-likeness (QED) is 0.243. The summed E-state index contributed by atoms with van der Waals surface area (Å²) in [5.41, 5.74) is 0. The second-order valence-electron chi connectivity index (χ2n) is 5.15. The molecule has 5 amide bonds. The van der Waals surface area contributed by atoms with Crippen molar-refractivity contribution in [2.75, 3.05) is 18.8 Å². The molecule has 2 saturated heterocycles. The van der Waals surface area contributed by atoms with Gasteiger partial charge in [-0.25, -0.2) is 4.79 Å². The summed E-state index contributed by atoms with van der Waals surface area (Å²) in [5.74, 6) is -0.628. The second-order valence-corrected chi connectivity index (χ2v) is 6.87. The highest BCUT2D eigenvalue weighted by Crippen LogP contribution is 2.32. The molecule has 0 aliphatic carbocycles. The summed E-state index contributed by atoms with van der Waals surface area (Å²) in [4.78, 5) is 47.8. The summed E-state index contributed by atoms with van der Waals surface area (Å²) >= 11 is 8.85. The molecule has 2 heterocycles. The van der Waals surface area contributed by atoms with Crippen LogP contribution in [-0.4, -0.2) is 64.8 Å². The fourth-order valence-corrected chi connectivity index (χ4v) is 4.13. The van der Waals surface area contributed by atoms with E-state index in [1.165, 1.54) is 0 Å². The van der Waals surface area contributed by atoms with Gasteiger partial charge < -0.3 is 25.0 Å². The third-order valence-electron chi connectivity index (χ3n) is 3.58. The number of amides is 5. The lowest BCUT2D eigenvalue weighted by molar-refractivity contribution is -0.138. The van der Waals surface area contributed by atoms with Crippen LogP contribution in [0, 0.1) is 0 Å². The Morgan fingerprint density at radius 1 is 1.17 bits per heavy atom. The fraction of sp³-hybridized carbons (Fsp3) is 0.636. The Hall–Kier alpha value is -1.27. The molecule has 2 fully saturated rings. The largest absolute Gasteiger partial charge is 0.332 e. The van der Waals surface area contributed by atoms with E-state index in [-0.39, 0.29) is 48.8 Å². The van der Waals surface area contributed by atoms with E-state index in [2.05, 4.69) is 45.7 Å². The summed E-state index contributed by atoms with van der Waals surface area (Å²) in [7, 11) is 0. The maximum Gasteiger partial charge on any atom is 0.315 e. The molecule has 3 atom stereocenters. The summed E-state index contributed by atoms with van der Waals surface area (Å²) < 4.78 is 4.23. The van der Waals surface area contributed by atoms with Gasteiger partial charge in [-0.2, -0.15) is 11.8 Å². The minimum absolute atomic E-state index is 0.000214. The van der Waals surface area contributed by atoms with Gasteiger partial charge in [0.15, 0.2) is 0 Å². The molecule has 0 aromatic heterocycles. The minimum atomic E-state index is -0.499. The van der Waals surface area contributed by atoms with Crippen molar-refractivity contribution in [3.8, 4) is 0 Å². The zero-order chi connectivity index (χ0) is 17.0. The van der Waals surface area contributed by atoms with Gasteiger partial charge in [-0.1, -0.05) is 25.6 Å². The molecule has 9 nitrogen and oxygen atoms in total. The lowest BCUT2D eigenvalue weighted by Gasteiger charge is -2.23. The summed E-state index contributed by atoms with van der Waals surface area (Å²) in [6, 6.07) is -0.366. The first-order valence-corrected chi connectivity index (χ1v) is 8.71. The van der Waals surface area contributed by atoms with Gasteiger partial charge >= 0.3 is 6.03 Å². The molecule has 12 heteroatoms. The van der Waals surface area contributed by atoms with Gasteiger partial charge in [-0.3, -0.25) is 14.4 Å². The Kier molecular flexibility index (Phi) is 6.30. The Balaban J connectivity index is 1.97. The van der Waals surface area contributed by atoms with Gasteiger partial charge in [-0.15, -0.1) is 0 Å². The number of urea groups is 1. The average molecular weight is 379 g/mol. The molecule has 2 aliphatic rings. The number of hydrogen-bond donors (Lipinski definition) is 6. The predicted molar refractivity (Wildman–Crippen MR) is 90.9 cm³/mol. The molecule has 3 unspecified atom stereocenters. The van der Waals surface area contributed by atoms with Crippen molar-refractivity contribution in [2.24, 2.45) is 0 Å². The first-order chi connectivity index (χ1) is 10.9. The third kappa shape index (κ3) is 4.61. The highest BCUT2D eigenvalue weighted by atomic mass is 32.2. The van der Waals surface area contributed by atoms with Crippen LogP contribution in [0.5, 0.6) is 0 Å². The zero-order valence-corrected chi connectivity index (χ0v) is 14.5. The number of thiol groups is 2.